The van der Waals surface area contributed by atoms with Crippen LogP contribution in [-0.4, -0.2) is 4.98 Å². The van der Waals surface area contributed by atoms with Crippen LogP contribution in [0.15, 0.2) is 6.20 Å². The smallest absolute Gasteiger partial charge is 0.112 e. The monoisotopic (exact) mass is 170 g/mol. The Morgan fingerprint density at radius 2 is 2.27 bits per heavy atom. The molecule has 0 atom stereocenters. The molecule has 0 bridgehead atoms. The van der Waals surface area contributed by atoms with Gasteiger partial charge in [0.05, 0.1) is 5.54 Å². The first-order valence-electron chi connectivity index (χ1n) is 3.78. The van der Waals surface area contributed by atoms with Crippen molar-refractivity contribution in [2.75, 3.05) is 0 Å². The molecule has 0 fully saturated rings. The number of hydrogen-bond acceptors (Lipinski definition) is 3. The van der Waals surface area contributed by atoms with Crippen LogP contribution in [0.1, 0.15) is 30.7 Å². The van der Waals surface area contributed by atoms with Gasteiger partial charge >= 0.3 is 0 Å². The van der Waals surface area contributed by atoms with Gasteiger partial charge in [0, 0.05) is 11.1 Å². The Balaban J connectivity index is 2.89. The molecule has 1 aromatic rings. The Morgan fingerprint density at radius 1 is 1.64 bits per heavy atom. The molecule has 0 aliphatic rings. The van der Waals surface area contributed by atoms with Crippen LogP contribution in [0.5, 0.6) is 0 Å². The van der Waals surface area contributed by atoms with Crippen molar-refractivity contribution >= 4 is 11.3 Å². The zero-order valence-corrected chi connectivity index (χ0v) is 8.03. The van der Waals surface area contributed by atoms with E-state index < -0.39 is 0 Å². The van der Waals surface area contributed by atoms with Gasteiger partial charge in [-0.2, -0.15) is 0 Å². The summed E-state index contributed by atoms with van der Waals surface area (Å²) in [4.78, 5) is 5.56. The number of rotatable bonds is 2. The minimum Gasteiger partial charge on any atom is -0.320 e. The molecule has 62 valence electrons. The molecule has 0 saturated carbocycles. The highest BCUT2D eigenvalue weighted by Gasteiger charge is 2.17. The average Bonchev–Trinajstić information content (AvgIpc) is 2.32. The number of nitrogens with zero attached hydrogens (tertiary/aromatic N) is 1. The zero-order valence-electron chi connectivity index (χ0n) is 7.22. The lowest BCUT2D eigenvalue weighted by molar-refractivity contribution is 0.550. The number of thiazole rings is 1. The molecule has 1 heterocycles. The van der Waals surface area contributed by atoms with E-state index in [0.717, 1.165) is 11.4 Å². The van der Waals surface area contributed by atoms with E-state index in [1.54, 1.807) is 11.3 Å². The van der Waals surface area contributed by atoms with Crippen molar-refractivity contribution in [3.63, 3.8) is 0 Å². The Bertz CT molecular complexity index is 234. The second kappa shape index (κ2) is 2.91. The lowest BCUT2D eigenvalue weighted by Crippen LogP contribution is -2.28. The zero-order chi connectivity index (χ0) is 8.48. The lowest BCUT2D eigenvalue weighted by Gasteiger charge is -2.13. The van der Waals surface area contributed by atoms with E-state index in [9.17, 15) is 0 Å². The molecule has 11 heavy (non-hydrogen) atoms. The molecule has 0 unspecified atom stereocenters. The van der Waals surface area contributed by atoms with Gasteiger partial charge in [0.1, 0.15) is 5.01 Å². The molecule has 0 aromatic carbocycles. The average molecular weight is 170 g/mol. The van der Waals surface area contributed by atoms with Crippen molar-refractivity contribution in [1.29, 1.82) is 0 Å². The van der Waals surface area contributed by atoms with E-state index in [0.29, 0.717) is 0 Å². The third-order valence-corrected chi connectivity index (χ3v) is 2.93. The summed E-state index contributed by atoms with van der Waals surface area (Å²) >= 11 is 1.70. The summed E-state index contributed by atoms with van der Waals surface area (Å²) in [6.45, 7) is 6.08. The maximum atomic E-state index is 5.87. The first-order chi connectivity index (χ1) is 5.04. The fraction of sp³-hybridized carbons (Fsp3) is 0.625. The number of aryl methyl sites for hydroxylation is 1. The fourth-order valence-corrected chi connectivity index (χ4v) is 1.64. The normalized spacial score (nSPS) is 12.0. The van der Waals surface area contributed by atoms with Gasteiger partial charge in [-0.15, -0.1) is 11.3 Å². The number of nitrogens with two attached hydrogens (primary N) is 1. The lowest BCUT2D eigenvalue weighted by atomic mass is 10.1. The Labute approximate surface area is 71.5 Å². The van der Waals surface area contributed by atoms with Crippen molar-refractivity contribution in [1.82, 2.24) is 4.98 Å². The summed E-state index contributed by atoms with van der Waals surface area (Å²) in [6.07, 6.45) is 2.96. The maximum Gasteiger partial charge on any atom is 0.112 e. The van der Waals surface area contributed by atoms with Crippen molar-refractivity contribution in [3.05, 3.63) is 16.1 Å². The van der Waals surface area contributed by atoms with E-state index in [4.69, 9.17) is 5.73 Å². The van der Waals surface area contributed by atoms with Crippen LogP contribution in [-0.2, 0) is 12.0 Å². The van der Waals surface area contributed by atoms with Gasteiger partial charge in [-0.05, 0) is 20.3 Å². The highest BCUT2D eigenvalue weighted by Crippen LogP contribution is 2.22. The van der Waals surface area contributed by atoms with Gasteiger partial charge in [-0.25, -0.2) is 4.98 Å². The van der Waals surface area contributed by atoms with Gasteiger partial charge in [-0.1, -0.05) is 6.92 Å². The molecule has 2 nitrogen and oxygen atoms in total. The summed E-state index contributed by atoms with van der Waals surface area (Å²) in [6, 6.07) is 0. The summed E-state index contributed by atoms with van der Waals surface area (Å²) in [7, 11) is 0. The quantitative estimate of drug-likeness (QED) is 0.736. The number of hydrogen-bond donors (Lipinski definition) is 1. The molecule has 0 spiro atoms. The van der Waals surface area contributed by atoms with Gasteiger partial charge in [0.2, 0.25) is 0 Å². The molecule has 0 saturated heterocycles. The van der Waals surface area contributed by atoms with Gasteiger partial charge < -0.3 is 5.73 Å². The summed E-state index contributed by atoms with van der Waals surface area (Å²) in [5.41, 5.74) is 5.59. The fourth-order valence-electron chi connectivity index (χ4n) is 0.769. The Morgan fingerprint density at radius 3 is 2.55 bits per heavy atom. The first kappa shape index (κ1) is 8.68. The van der Waals surface area contributed by atoms with E-state index >= 15 is 0 Å². The van der Waals surface area contributed by atoms with Crippen LogP contribution in [0.25, 0.3) is 0 Å². The van der Waals surface area contributed by atoms with Crippen LogP contribution in [0.2, 0.25) is 0 Å². The van der Waals surface area contributed by atoms with E-state index in [1.807, 2.05) is 20.0 Å². The van der Waals surface area contributed by atoms with E-state index in [-0.39, 0.29) is 5.54 Å². The molecule has 0 aliphatic carbocycles. The van der Waals surface area contributed by atoms with Crippen LogP contribution in [0, 0.1) is 0 Å². The third-order valence-electron chi connectivity index (χ3n) is 1.45. The second-order valence-corrected chi connectivity index (χ2v) is 4.32. The highest BCUT2D eigenvalue weighted by molar-refractivity contribution is 7.11. The van der Waals surface area contributed by atoms with Crippen molar-refractivity contribution in [3.8, 4) is 0 Å². The minimum absolute atomic E-state index is 0.280. The van der Waals surface area contributed by atoms with E-state index in [1.165, 1.54) is 4.88 Å². The molecule has 2 N–H and O–H groups in total. The molecule has 1 rings (SSSR count). The predicted molar refractivity (Wildman–Crippen MR) is 48.7 cm³/mol. The standard InChI is InChI=1S/C8H14N2S/c1-4-6-5-10-7(11-6)8(2,3)9/h5H,4,9H2,1-3H3. The van der Waals surface area contributed by atoms with E-state index in [2.05, 4.69) is 11.9 Å². The summed E-state index contributed by atoms with van der Waals surface area (Å²) in [5.74, 6) is 0. The van der Waals surface area contributed by atoms with Gasteiger partial charge in [0.15, 0.2) is 0 Å². The molecule has 0 amide bonds. The minimum atomic E-state index is -0.280. The highest BCUT2D eigenvalue weighted by atomic mass is 32.1. The van der Waals surface area contributed by atoms with Crippen LogP contribution in [0.4, 0.5) is 0 Å². The topological polar surface area (TPSA) is 38.9 Å². The molecule has 3 heteroatoms. The summed E-state index contributed by atoms with van der Waals surface area (Å²) in [5, 5.41) is 1.02. The molecule has 0 radical (unpaired) electrons. The molecule has 0 aliphatic heterocycles. The summed E-state index contributed by atoms with van der Waals surface area (Å²) < 4.78 is 0. The Kier molecular flexibility index (Phi) is 2.30. The van der Waals surface area contributed by atoms with Gasteiger partial charge in [0.25, 0.3) is 0 Å². The predicted octanol–water partition coefficient (Wildman–Crippen LogP) is 1.90. The Hall–Kier alpha value is -0.410. The number of aromatic nitrogens is 1. The molecular weight excluding hydrogens is 156 g/mol. The maximum absolute atomic E-state index is 5.87. The largest absolute Gasteiger partial charge is 0.320 e. The first-order valence-corrected chi connectivity index (χ1v) is 4.59. The molecule has 1 aromatic heterocycles. The van der Waals surface area contributed by atoms with Crippen LogP contribution < -0.4 is 5.73 Å². The van der Waals surface area contributed by atoms with Crippen molar-refractivity contribution in [2.45, 2.75) is 32.7 Å². The van der Waals surface area contributed by atoms with Crippen LogP contribution >= 0.6 is 11.3 Å². The SMILES string of the molecule is CCc1cnc(C(C)(C)N)s1. The third kappa shape index (κ3) is 2.01. The van der Waals surface area contributed by atoms with Gasteiger partial charge in [-0.3, -0.25) is 0 Å². The second-order valence-electron chi connectivity index (χ2n) is 3.21. The van der Waals surface area contributed by atoms with Crippen molar-refractivity contribution < 1.29 is 0 Å². The van der Waals surface area contributed by atoms with Crippen molar-refractivity contribution in [2.24, 2.45) is 5.73 Å². The van der Waals surface area contributed by atoms with Crippen LogP contribution in [0.3, 0.4) is 0 Å². The molecular formula is C8H14N2S.